The van der Waals surface area contributed by atoms with Gasteiger partial charge in [0.2, 0.25) is 5.76 Å². The third-order valence-corrected chi connectivity index (χ3v) is 5.70. The molecule has 7 nitrogen and oxygen atoms in total. The second kappa shape index (κ2) is 6.80. The summed E-state index contributed by atoms with van der Waals surface area (Å²) in [6.07, 6.45) is 1.80. The Balaban J connectivity index is 2.22. The lowest BCUT2D eigenvalue weighted by molar-refractivity contribution is -0.114. The van der Waals surface area contributed by atoms with E-state index in [1.807, 2.05) is 0 Å². The zero-order valence-electron chi connectivity index (χ0n) is 14.3. The summed E-state index contributed by atoms with van der Waals surface area (Å²) in [5.41, 5.74) is 0.00964. The predicted molar refractivity (Wildman–Crippen MR) is 92.3 cm³/mol. The summed E-state index contributed by atoms with van der Waals surface area (Å²) in [5, 5.41) is 0. The number of ketones is 1. The molecule has 3 rings (SSSR count). The molecule has 0 spiro atoms. The zero-order chi connectivity index (χ0) is 18.9. The van der Waals surface area contributed by atoms with Crippen molar-refractivity contribution in [1.82, 2.24) is 4.31 Å². The maximum Gasteiger partial charge on any atom is 0.379 e. The first-order chi connectivity index (χ1) is 12.4. The van der Waals surface area contributed by atoms with Crippen LogP contribution in [0.1, 0.15) is 36.4 Å². The van der Waals surface area contributed by atoms with Crippen molar-refractivity contribution in [2.45, 2.75) is 25.2 Å². The van der Waals surface area contributed by atoms with Crippen LogP contribution >= 0.6 is 0 Å². The minimum Gasteiger partial charge on any atom is -0.457 e. The molecule has 26 heavy (non-hydrogen) atoms. The number of rotatable bonds is 5. The number of nitrogens with zero attached hydrogens (tertiary/aromatic N) is 1. The summed E-state index contributed by atoms with van der Waals surface area (Å²) in [6.45, 7) is 3.12. The third kappa shape index (κ3) is 2.92. The van der Waals surface area contributed by atoms with Crippen LogP contribution in [-0.2, 0) is 19.6 Å². The van der Waals surface area contributed by atoms with Gasteiger partial charge in [-0.25, -0.2) is 13.2 Å². The highest BCUT2D eigenvalue weighted by Gasteiger charge is 2.40. The Labute approximate surface area is 150 Å². The molecule has 0 aliphatic carbocycles. The van der Waals surface area contributed by atoms with Gasteiger partial charge >= 0.3 is 5.97 Å². The van der Waals surface area contributed by atoms with Gasteiger partial charge in [-0.15, -0.1) is 0 Å². The van der Waals surface area contributed by atoms with E-state index in [0.717, 1.165) is 4.31 Å². The second-order valence-electron chi connectivity index (χ2n) is 5.67. The average molecular weight is 375 g/mol. The molecule has 1 aromatic carbocycles. The minimum absolute atomic E-state index is 0.0132. The van der Waals surface area contributed by atoms with Crippen molar-refractivity contribution >= 4 is 27.5 Å². The number of carbonyl (C=O) groups is 2. The molecule has 0 bridgehead atoms. The van der Waals surface area contributed by atoms with Gasteiger partial charge < -0.3 is 9.15 Å². The van der Waals surface area contributed by atoms with E-state index in [2.05, 4.69) is 0 Å². The van der Waals surface area contributed by atoms with Gasteiger partial charge in [0.15, 0.2) is 11.5 Å². The van der Waals surface area contributed by atoms with Crippen molar-refractivity contribution in [2.75, 3.05) is 6.54 Å². The molecule has 1 aromatic heterocycles. The molecule has 0 amide bonds. The molecule has 0 unspecified atom stereocenters. The van der Waals surface area contributed by atoms with Crippen LogP contribution in [0.3, 0.4) is 0 Å². The number of benzene rings is 1. The van der Waals surface area contributed by atoms with Gasteiger partial charge in [0.1, 0.15) is 5.70 Å². The van der Waals surface area contributed by atoms with Crippen LogP contribution in [0.4, 0.5) is 0 Å². The number of hydrogen-bond donors (Lipinski definition) is 0. The Morgan fingerprint density at radius 1 is 1.15 bits per heavy atom. The standard InChI is InChI=1S/C18H17NO6S/c1-3-10-19-16(12(2)20)17(25-18(21)14-8-6-11-24-14)13-7-4-5-9-15(13)26(19,22)23/h4-9,11H,3,10H2,1-2H3. The minimum atomic E-state index is -3.92. The highest BCUT2D eigenvalue weighted by molar-refractivity contribution is 7.89. The molecule has 2 aromatic rings. The highest BCUT2D eigenvalue weighted by atomic mass is 32.2. The van der Waals surface area contributed by atoms with Crippen molar-refractivity contribution in [2.24, 2.45) is 0 Å². The van der Waals surface area contributed by atoms with Crippen molar-refractivity contribution < 1.29 is 27.2 Å². The molecular formula is C18H17NO6S. The predicted octanol–water partition coefficient (Wildman–Crippen LogP) is 2.81. The van der Waals surface area contributed by atoms with Gasteiger partial charge in [-0.1, -0.05) is 19.1 Å². The van der Waals surface area contributed by atoms with E-state index in [4.69, 9.17) is 9.15 Å². The Morgan fingerprint density at radius 3 is 2.50 bits per heavy atom. The average Bonchev–Trinajstić information content (AvgIpc) is 3.14. The first-order valence-corrected chi connectivity index (χ1v) is 9.45. The maximum atomic E-state index is 12.9. The van der Waals surface area contributed by atoms with Crippen LogP contribution < -0.4 is 0 Å². The molecule has 0 saturated carbocycles. The third-order valence-electron chi connectivity index (χ3n) is 3.84. The summed E-state index contributed by atoms with van der Waals surface area (Å²) in [4.78, 5) is 24.6. The number of furan rings is 1. The molecule has 1 aliphatic rings. The molecule has 0 saturated heterocycles. The van der Waals surface area contributed by atoms with E-state index >= 15 is 0 Å². The zero-order valence-corrected chi connectivity index (χ0v) is 15.1. The van der Waals surface area contributed by atoms with E-state index in [0.29, 0.717) is 6.42 Å². The quantitative estimate of drug-likeness (QED) is 0.746. The Bertz CT molecular complexity index is 988. The van der Waals surface area contributed by atoms with Gasteiger partial charge in [-0.05, 0) is 30.7 Å². The molecule has 0 N–H and O–H groups in total. The van der Waals surface area contributed by atoms with Crippen molar-refractivity contribution in [3.05, 3.63) is 59.7 Å². The lowest BCUT2D eigenvalue weighted by atomic mass is 10.1. The van der Waals surface area contributed by atoms with E-state index in [-0.39, 0.29) is 34.2 Å². The van der Waals surface area contributed by atoms with Gasteiger partial charge in [0.05, 0.1) is 11.2 Å². The van der Waals surface area contributed by atoms with Crippen molar-refractivity contribution in [3.8, 4) is 0 Å². The number of fused-ring (bicyclic) bond motifs is 1. The molecule has 0 fully saturated rings. The maximum absolute atomic E-state index is 12.9. The van der Waals surface area contributed by atoms with Crippen LogP contribution in [0.5, 0.6) is 0 Å². The summed E-state index contributed by atoms with van der Waals surface area (Å²) in [6, 6.07) is 9.06. The number of ether oxygens (including phenoxy) is 1. The molecule has 2 heterocycles. The van der Waals surface area contributed by atoms with Crippen LogP contribution in [0.2, 0.25) is 0 Å². The topological polar surface area (TPSA) is 93.9 Å². The summed E-state index contributed by atoms with van der Waals surface area (Å²) >= 11 is 0. The Morgan fingerprint density at radius 2 is 1.88 bits per heavy atom. The van der Waals surface area contributed by atoms with E-state index in [1.54, 1.807) is 19.1 Å². The molecular weight excluding hydrogens is 358 g/mol. The van der Waals surface area contributed by atoms with E-state index in [9.17, 15) is 18.0 Å². The number of allylic oxidation sites excluding steroid dienone is 1. The number of sulfonamides is 1. The molecule has 1 aliphatic heterocycles. The van der Waals surface area contributed by atoms with Gasteiger partial charge in [-0.2, -0.15) is 0 Å². The van der Waals surface area contributed by atoms with Crippen LogP contribution in [0, 0.1) is 0 Å². The molecule has 0 atom stereocenters. The van der Waals surface area contributed by atoms with Gasteiger partial charge in [0.25, 0.3) is 10.0 Å². The molecule has 8 heteroatoms. The highest BCUT2D eigenvalue weighted by Crippen LogP contribution is 2.38. The monoisotopic (exact) mass is 375 g/mol. The van der Waals surface area contributed by atoms with Crippen molar-refractivity contribution in [3.63, 3.8) is 0 Å². The number of esters is 1. The first-order valence-electron chi connectivity index (χ1n) is 8.01. The Hall–Kier alpha value is -2.87. The smallest absolute Gasteiger partial charge is 0.379 e. The summed E-state index contributed by atoms with van der Waals surface area (Å²) < 4.78 is 37.3. The van der Waals surface area contributed by atoms with Gasteiger partial charge in [-0.3, -0.25) is 9.10 Å². The number of hydrogen-bond acceptors (Lipinski definition) is 6. The van der Waals surface area contributed by atoms with Crippen molar-refractivity contribution in [1.29, 1.82) is 0 Å². The lowest BCUT2D eigenvalue weighted by Gasteiger charge is -2.32. The first kappa shape index (κ1) is 17.9. The normalized spacial score (nSPS) is 15.5. The van der Waals surface area contributed by atoms with Crippen LogP contribution in [0.25, 0.3) is 5.76 Å². The fourth-order valence-electron chi connectivity index (χ4n) is 2.77. The summed E-state index contributed by atoms with van der Waals surface area (Å²) in [7, 11) is -3.92. The largest absolute Gasteiger partial charge is 0.457 e. The number of Topliss-reactive ketones (excluding diaryl/α,β-unsaturated/α-hetero) is 1. The fourth-order valence-corrected chi connectivity index (χ4v) is 4.57. The summed E-state index contributed by atoms with van der Waals surface area (Å²) in [5.74, 6) is -1.46. The SMILES string of the molecule is CCCN1C(C(C)=O)=C(OC(=O)c2ccco2)c2ccccc2S1(=O)=O. The number of carbonyl (C=O) groups excluding carboxylic acids is 2. The van der Waals surface area contributed by atoms with Gasteiger partial charge in [0, 0.05) is 19.0 Å². The van der Waals surface area contributed by atoms with E-state index in [1.165, 1.54) is 37.5 Å². The second-order valence-corrected chi connectivity index (χ2v) is 7.50. The van der Waals surface area contributed by atoms with Crippen LogP contribution in [-0.4, -0.2) is 31.0 Å². The van der Waals surface area contributed by atoms with Crippen LogP contribution in [0.15, 0.2) is 57.7 Å². The molecule has 0 radical (unpaired) electrons. The van der Waals surface area contributed by atoms with E-state index < -0.39 is 21.8 Å². The fraction of sp³-hybridized carbons (Fsp3) is 0.222. The molecule has 136 valence electrons. The Kier molecular flexibility index (Phi) is 4.69. The lowest BCUT2D eigenvalue weighted by Crippen LogP contribution is -2.38.